The van der Waals surface area contributed by atoms with Gasteiger partial charge in [-0.05, 0) is 43.4 Å². The molecule has 0 aliphatic rings. The number of hydrogen-bond donors (Lipinski definition) is 2. The predicted molar refractivity (Wildman–Crippen MR) is 82.1 cm³/mol. The minimum absolute atomic E-state index is 0.0871. The quantitative estimate of drug-likeness (QED) is 0.857. The van der Waals surface area contributed by atoms with E-state index in [-0.39, 0.29) is 12.5 Å². The van der Waals surface area contributed by atoms with Crippen LogP contribution in [0, 0.1) is 0 Å². The van der Waals surface area contributed by atoms with Crippen LogP contribution in [-0.4, -0.2) is 26.6 Å². The Kier molecular flexibility index (Phi) is 5.17. The molecule has 0 aromatic heterocycles. The van der Waals surface area contributed by atoms with E-state index in [0.717, 1.165) is 5.69 Å². The van der Waals surface area contributed by atoms with E-state index in [1.807, 2.05) is 24.3 Å². The standard InChI is InChI=1S/C16H18N2O3/c1-17-11-16(19)18-12-7-9-13(10-8-12)21-15-6-4-3-5-14(15)20-2/h3-10,17H,11H2,1-2H3,(H,18,19). The van der Waals surface area contributed by atoms with E-state index < -0.39 is 0 Å². The number of anilines is 1. The van der Waals surface area contributed by atoms with Gasteiger partial charge in [-0.2, -0.15) is 0 Å². The number of carbonyl (C=O) groups is 1. The molecule has 5 nitrogen and oxygen atoms in total. The molecule has 2 N–H and O–H groups in total. The lowest BCUT2D eigenvalue weighted by Gasteiger charge is -2.10. The topological polar surface area (TPSA) is 59.6 Å². The smallest absolute Gasteiger partial charge is 0.238 e. The first-order valence-electron chi connectivity index (χ1n) is 6.58. The molecule has 0 fully saturated rings. The summed E-state index contributed by atoms with van der Waals surface area (Å²) in [5.41, 5.74) is 0.725. The minimum Gasteiger partial charge on any atom is -0.493 e. The van der Waals surface area contributed by atoms with Gasteiger partial charge in [0.25, 0.3) is 0 Å². The van der Waals surface area contributed by atoms with Crippen molar-refractivity contribution in [2.45, 2.75) is 0 Å². The number of ether oxygens (including phenoxy) is 2. The monoisotopic (exact) mass is 286 g/mol. The van der Waals surface area contributed by atoms with Gasteiger partial charge in [-0.15, -0.1) is 0 Å². The number of rotatable bonds is 6. The highest BCUT2D eigenvalue weighted by atomic mass is 16.5. The fourth-order valence-electron chi connectivity index (χ4n) is 1.80. The SMILES string of the molecule is CNCC(=O)Nc1ccc(Oc2ccccc2OC)cc1. The fourth-order valence-corrected chi connectivity index (χ4v) is 1.80. The van der Waals surface area contributed by atoms with Crippen LogP contribution in [0.5, 0.6) is 17.2 Å². The van der Waals surface area contributed by atoms with E-state index in [4.69, 9.17) is 9.47 Å². The van der Waals surface area contributed by atoms with E-state index in [1.54, 1.807) is 38.4 Å². The van der Waals surface area contributed by atoms with Gasteiger partial charge in [-0.25, -0.2) is 0 Å². The predicted octanol–water partition coefficient (Wildman–Crippen LogP) is 2.65. The van der Waals surface area contributed by atoms with Crippen molar-refractivity contribution in [1.29, 1.82) is 0 Å². The van der Waals surface area contributed by atoms with Gasteiger partial charge < -0.3 is 20.1 Å². The van der Waals surface area contributed by atoms with E-state index in [2.05, 4.69) is 10.6 Å². The van der Waals surface area contributed by atoms with E-state index in [0.29, 0.717) is 17.2 Å². The molecule has 0 radical (unpaired) electrons. The van der Waals surface area contributed by atoms with Gasteiger partial charge >= 0.3 is 0 Å². The normalized spacial score (nSPS) is 10.0. The second-order valence-electron chi connectivity index (χ2n) is 4.36. The lowest BCUT2D eigenvalue weighted by atomic mass is 10.3. The van der Waals surface area contributed by atoms with Crippen LogP contribution in [0.1, 0.15) is 0 Å². The summed E-state index contributed by atoms with van der Waals surface area (Å²) in [5.74, 6) is 1.90. The van der Waals surface area contributed by atoms with Crippen molar-refractivity contribution in [2.75, 3.05) is 26.0 Å². The summed E-state index contributed by atoms with van der Waals surface area (Å²) in [4.78, 5) is 11.5. The highest BCUT2D eigenvalue weighted by Crippen LogP contribution is 2.31. The van der Waals surface area contributed by atoms with Crippen LogP contribution in [0.3, 0.4) is 0 Å². The third-order valence-corrected chi connectivity index (χ3v) is 2.77. The maximum atomic E-state index is 11.5. The Labute approximate surface area is 123 Å². The molecule has 0 heterocycles. The summed E-state index contributed by atoms with van der Waals surface area (Å²) in [6.07, 6.45) is 0. The molecule has 0 bridgehead atoms. The van der Waals surface area contributed by atoms with Crippen molar-refractivity contribution in [3.05, 3.63) is 48.5 Å². The first kappa shape index (κ1) is 14.9. The van der Waals surface area contributed by atoms with Crippen LogP contribution < -0.4 is 20.1 Å². The van der Waals surface area contributed by atoms with Crippen molar-refractivity contribution < 1.29 is 14.3 Å². The number of nitrogens with one attached hydrogen (secondary N) is 2. The molecule has 0 aliphatic carbocycles. The first-order valence-corrected chi connectivity index (χ1v) is 6.58. The number of carbonyl (C=O) groups excluding carboxylic acids is 1. The first-order chi connectivity index (χ1) is 10.2. The Hall–Kier alpha value is -2.53. The second-order valence-corrected chi connectivity index (χ2v) is 4.36. The molecule has 0 spiro atoms. The van der Waals surface area contributed by atoms with Gasteiger partial charge in [0, 0.05) is 5.69 Å². The van der Waals surface area contributed by atoms with Crippen molar-refractivity contribution in [3.8, 4) is 17.2 Å². The Bertz CT molecular complexity index is 597. The molecule has 110 valence electrons. The second kappa shape index (κ2) is 7.31. The molecule has 0 atom stereocenters. The van der Waals surface area contributed by atoms with Gasteiger partial charge in [-0.3, -0.25) is 4.79 Å². The number of methoxy groups -OCH3 is 1. The Morgan fingerprint density at radius 1 is 1.05 bits per heavy atom. The van der Waals surface area contributed by atoms with Crippen molar-refractivity contribution in [2.24, 2.45) is 0 Å². The van der Waals surface area contributed by atoms with E-state index in [9.17, 15) is 4.79 Å². The van der Waals surface area contributed by atoms with Crippen molar-refractivity contribution >= 4 is 11.6 Å². The molecule has 2 aromatic rings. The zero-order valence-corrected chi connectivity index (χ0v) is 12.1. The van der Waals surface area contributed by atoms with Gasteiger partial charge in [0.05, 0.1) is 13.7 Å². The lowest BCUT2D eigenvalue weighted by Crippen LogP contribution is -2.24. The molecule has 1 amide bonds. The molecule has 2 rings (SSSR count). The largest absolute Gasteiger partial charge is 0.493 e. The Morgan fingerprint density at radius 3 is 2.33 bits per heavy atom. The summed E-state index contributed by atoms with van der Waals surface area (Å²) < 4.78 is 11.0. The maximum Gasteiger partial charge on any atom is 0.238 e. The average Bonchev–Trinajstić information content (AvgIpc) is 2.50. The summed E-state index contributed by atoms with van der Waals surface area (Å²) in [5, 5.41) is 5.57. The molecular weight excluding hydrogens is 268 g/mol. The lowest BCUT2D eigenvalue weighted by molar-refractivity contribution is -0.115. The van der Waals surface area contributed by atoms with Crippen LogP contribution in [-0.2, 0) is 4.79 Å². The molecule has 0 aliphatic heterocycles. The highest BCUT2D eigenvalue weighted by molar-refractivity contribution is 5.92. The van der Waals surface area contributed by atoms with Crippen LogP contribution >= 0.6 is 0 Å². The minimum atomic E-state index is -0.0871. The summed E-state index contributed by atoms with van der Waals surface area (Å²) in [6, 6.07) is 14.6. The molecule has 21 heavy (non-hydrogen) atoms. The van der Waals surface area contributed by atoms with Crippen LogP contribution in [0.15, 0.2) is 48.5 Å². The molecule has 5 heteroatoms. The Balaban J connectivity index is 2.04. The zero-order valence-electron chi connectivity index (χ0n) is 12.1. The number of likely N-dealkylation sites (N-methyl/N-ethyl adjacent to an activating group) is 1. The molecular formula is C16H18N2O3. The third kappa shape index (κ3) is 4.22. The van der Waals surface area contributed by atoms with Crippen molar-refractivity contribution in [3.63, 3.8) is 0 Å². The summed E-state index contributed by atoms with van der Waals surface area (Å²) in [6.45, 7) is 0.277. The number of hydrogen-bond acceptors (Lipinski definition) is 4. The van der Waals surface area contributed by atoms with E-state index >= 15 is 0 Å². The molecule has 2 aromatic carbocycles. The average molecular weight is 286 g/mol. The molecule has 0 saturated heterocycles. The Morgan fingerprint density at radius 2 is 1.71 bits per heavy atom. The van der Waals surface area contributed by atoms with E-state index in [1.165, 1.54) is 0 Å². The fraction of sp³-hybridized carbons (Fsp3) is 0.188. The van der Waals surface area contributed by atoms with Crippen LogP contribution in [0.25, 0.3) is 0 Å². The third-order valence-electron chi connectivity index (χ3n) is 2.77. The van der Waals surface area contributed by atoms with Gasteiger partial charge in [-0.1, -0.05) is 12.1 Å². The summed E-state index contributed by atoms with van der Waals surface area (Å²) >= 11 is 0. The van der Waals surface area contributed by atoms with Gasteiger partial charge in [0.2, 0.25) is 5.91 Å². The summed E-state index contributed by atoms with van der Waals surface area (Å²) in [7, 11) is 3.33. The van der Waals surface area contributed by atoms with Crippen LogP contribution in [0.2, 0.25) is 0 Å². The molecule has 0 unspecified atom stereocenters. The van der Waals surface area contributed by atoms with Gasteiger partial charge in [0.15, 0.2) is 11.5 Å². The highest BCUT2D eigenvalue weighted by Gasteiger charge is 2.05. The number of benzene rings is 2. The van der Waals surface area contributed by atoms with Crippen LogP contribution in [0.4, 0.5) is 5.69 Å². The van der Waals surface area contributed by atoms with Gasteiger partial charge in [0.1, 0.15) is 5.75 Å². The maximum absolute atomic E-state index is 11.5. The van der Waals surface area contributed by atoms with Crippen molar-refractivity contribution in [1.82, 2.24) is 5.32 Å². The zero-order chi connectivity index (χ0) is 15.1. The number of amides is 1. The number of para-hydroxylation sites is 2. The molecule has 0 saturated carbocycles.